The molecule has 0 aliphatic carbocycles. The summed E-state index contributed by atoms with van der Waals surface area (Å²) in [6.07, 6.45) is 3.56. The topological polar surface area (TPSA) is 63.5 Å². The van der Waals surface area contributed by atoms with Gasteiger partial charge in [0.15, 0.2) is 0 Å². The molecule has 5 rings (SSSR count). The Labute approximate surface area is 184 Å². The van der Waals surface area contributed by atoms with Gasteiger partial charge in [-0.05, 0) is 29.8 Å². The van der Waals surface area contributed by atoms with E-state index in [-0.39, 0.29) is 12.0 Å². The molecule has 1 saturated heterocycles. The average Bonchev–Trinajstić information content (AvgIpc) is 3.31. The number of carbonyl (C=O) groups is 1. The highest BCUT2D eigenvalue weighted by Crippen LogP contribution is 2.37. The van der Waals surface area contributed by atoms with E-state index in [4.69, 9.17) is 16.3 Å². The van der Waals surface area contributed by atoms with Crippen LogP contribution in [0.25, 0.3) is 11.1 Å². The first-order valence-electron chi connectivity index (χ1n) is 10.0. The predicted octanol–water partition coefficient (Wildman–Crippen LogP) is 3.44. The number of halogens is 2. The zero-order valence-corrected chi connectivity index (χ0v) is 17.9. The minimum Gasteiger partial charge on any atom is -0.370 e. The van der Waals surface area contributed by atoms with Crippen molar-refractivity contribution >= 4 is 23.3 Å². The molecular formula is C22H21ClFN5O2. The summed E-state index contributed by atoms with van der Waals surface area (Å²) < 4.78 is 22.5. The number of carbonyl (C=O) groups excluding carboxylic acids is 1. The Bertz CT molecular complexity index is 1180. The summed E-state index contributed by atoms with van der Waals surface area (Å²) in [5.74, 6) is 0.0394. The highest BCUT2D eigenvalue weighted by atomic mass is 35.5. The maximum Gasteiger partial charge on any atom is 0.272 e. The van der Waals surface area contributed by atoms with E-state index in [0.29, 0.717) is 53.9 Å². The Morgan fingerprint density at radius 1 is 1.23 bits per heavy atom. The molecular weight excluding hydrogens is 421 g/mol. The van der Waals surface area contributed by atoms with Crippen molar-refractivity contribution in [3.8, 4) is 11.1 Å². The zero-order valence-electron chi connectivity index (χ0n) is 17.2. The molecule has 2 aliphatic rings. The minimum atomic E-state index is -0.427. The molecule has 0 radical (unpaired) electrons. The molecule has 1 fully saturated rings. The van der Waals surface area contributed by atoms with E-state index in [1.807, 2.05) is 19.3 Å². The molecule has 160 valence electrons. The van der Waals surface area contributed by atoms with Crippen molar-refractivity contribution < 1.29 is 13.9 Å². The van der Waals surface area contributed by atoms with E-state index in [0.717, 1.165) is 11.1 Å². The van der Waals surface area contributed by atoms with E-state index in [1.165, 1.54) is 6.07 Å². The minimum absolute atomic E-state index is 0.161. The van der Waals surface area contributed by atoms with Gasteiger partial charge in [0.2, 0.25) is 0 Å². The number of aromatic nitrogens is 3. The summed E-state index contributed by atoms with van der Waals surface area (Å²) in [5.41, 5.74) is 3.15. The van der Waals surface area contributed by atoms with Crippen LogP contribution in [0.3, 0.4) is 0 Å². The summed E-state index contributed by atoms with van der Waals surface area (Å²) in [4.78, 5) is 21.1. The Balaban J connectivity index is 1.57. The van der Waals surface area contributed by atoms with E-state index in [2.05, 4.69) is 15.0 Å². The monoisotopic (exact) mass is 441 g/mol. The third-order valence-corrected chi connectivity index (χ3v) is 6.00. The maximum atomic E-state index is 14.8. The van der Waals surface area contributed by atoms with Gasteiger partial charge in [0.05, 0.1) is 12.8 Å². The van der Waals surface area contributed by atoms with Gasteiger partial charge < -0.3 is 14.5 Å². The van der Waals surface area contributed by atoms with E-state index in [1.54, 1.807) is 35.0 Å². The molecule has 0 N–H and O–H groups in total. The van der Waals surface area contributed by atoms with Crippen LogP contribution < -0.4 is 4.90 Å². The Hall–Kier alpha value is -2.97. The lowest BCUT2D eigenvalue weighted by molar-refractivity contribution is 0.0395. The number of anilines is 1. The van der Waals surface area contributed by atoms with Crippen LogP contribution >= 0.6 is 11.6 Å². The van der Waals surface area contributed by atoms with Gasteiger partial charge in [-0.3, -0.25) is 9.48 Å². The summed E-state index contributed by atoms with van der Waals surface area (Å²) in [5, 5.41) is 4.55. The number of amides is 1. The first kappa shape index (κ1) is 20.0. The molecule has 9 heteroatoms. The first-order chi connectivity index (χ1) is 14.9. The van der Waals surface area contributed by atoms with E-state index < -0.39 is 5.82 Å². The Kier molecular flexibility index (Phi) is 4.91. The number of ether oxygens (including phenoxy) is 1. The van der Waals surface area contributed by atoms with Crippen molar-refractivity contribution in [2.45, 2.75) is 12.6 Å². The molecule has 7 nitrogen and oxygen atoms in total. The van der Waals surface area contributed by atoms with Crippen LogP contribution in [0.5, 0.6) is 0 Å². The Morgan fingerprint density at radius 2 is 2.06 bits per heavy atom. The number of benzene rings is 1. The van der Waals surface area contributed by atoms with Gasteiger partial charge >= 0.3 is 0 Å². The molecule has 31 heavy (non-hydrogen) atoms. The van der Waals surface area contributed by atoms with Gasteiger partial charge in [-0.2, -0.15) is 5.10 Å². The van der Waals surface area contributed by atoms with Gasteiger partial charge in [-0.1, -0.05) is 11.6 Å². The fourth-order valence-electron chi connectivity index (χ4n) is 4.16. The lowest BCUT2D eigenvalue weighted by Gasteiger charge is -2.33. The van der Waals surface area contributed by atoms with Crippen LogP contribution in [0.15, 0.2) is 36.7 Å². The number of aryl methyl sites for hydroxylation is 1. The van der Waals surface area contributed by atoms with Crippen molar-refractivity contribution in [3.63, 3.8) is 0 Å². The number of pyridine rings is 1. The highest BCUT2D eigenvalue weighted by molar-refractivity contribution is 6.30. The quantitative estimate of drug-likeness (QED) is 0.623. The number of fused-ring (bicyclic) bond motifs is 1. The summed E-state index contributed by atoms with van der Waals surface area (Å²) in [6, 6.07) is 6.46. The van der Waals surface area contributed by atoms with Crippen molar-refractivity contribution in [1.82, 2.24) is 19.7 Å². The third kappa shape index (κ3) is 3.55. The maximum absolute atomic E-state index is 14.8. The fourth-order valence-corrected chi connectivity index (χ4v) is 4.32. The van der Waals surface area contributed by atoms with Crippen molar-refractivity contribution in [1.29, 1.82) is 0 Å². The Morgan fingerprint density at radius 3 is 2.81 bits per heavy atom. The molecule has 0 saturated carbocycles. The van der Waals surface area contributed by atoms with Crippen LogP contribution in [0, 0.1) is 5.82 Å². The van der Waals surface area contributed by atoms with Gasteiger partial charge in [-0.25, -0.2) is 9.37 Å². The van der Waals surface area contributed by atoms with Crippen molar-refractivity contribution in [3.05, 3.63) is 64.3 Å². The normalized spacial score (nSPS) is 18.6. The van der Waals surface area contributed by atoms with Crippen LogP contribution in [0.2, 0.25) is 5.02 Å². The largest absolute Gasteiger partial charge is 0.370 e. The average molecular weight is 442 g/mol. The molecule has 0 bridgehead atoms. The van der Waals surface area contributed by atoms with Gasteiger partial charge in [0.1, 0.15) is 23.4 Å². The van der Waals surface area contributed by atoms with Crippen molar-refractivity contribution in [2.75, 3.05) is 31.6 Å². The predicted molar refractivity (Wildman–Crippen MR) is 115 cm³/mol. The molecule has 0 spiro atoms. The van der Waals surface area contributed by atoms with E-state index in [9.17, 15) is 9.18 Å². The zero-order chi connectivity index (χ0) is 21.7. The second kappa shape index (κ2) is 7.62. The first-order valence-corrected chi connectivity index (χ1v) is 10.4. The highest BCUT2D eigenvalue weighted by Gasteiger charge is 2.32. The lowest BCUT2D eigenvalue weighted by Crippen LogP contribution is -2.39. The summed E-state index contributed by atoms with van der Waals surface area (Å²) in [7, 11) is 3.58. The summed E-state index contributed by atoms with van der Waals surface area (Å²) >= 11 is 5.95. The number of rotatable bonds is 3. The second-order valence-corrected chi connectivity index (χ2v) is 8.33. The van der Waals surface area contributed by atoms with Gasteiger partial charge in [0, 0.05) is 61.6 Å². The van der Waals surface area contributed by atoms with Gasteiger partial charge in [-0.15, -0.1) is 0 Å². The SMILES string of the molecule is CN1Cc2c(-c3ccc(Cl)cc3F)cc(N3CCOC(c4cnn(C)c4)C3)nc2C1=O. The molecule has 4 heterocycles. The van der Waals surface area contributed by atoms with Crippen LogP contribution in [-0.2, 0) is 18.3 Å². The number of morpholine rings is 1. The van der Waals surface area contributed by atoms with Gasteiger partial charge in [0.25, 0.3) is 5.91 Å². The number of hydrogen-bond donors (Lipinski definition) is 0. The van der Waals surface area contributed by atoms with Crippen LogP contribution in [0.1, 0.15) is 27.7 Å². The summed E-state index contributed by atoms with van der Waals surface area (Å²) in [6.45, 7) is 2.08. The number of hydrogen-bond acceptors (Lipinski definition) is 5. The van der Waals surface area contributed by atoms with Crippen LogP contribution in [0.4, 0.5) is 10.2 Å². The van der Waals surface area contributed by atoms with E-state index >= 15 is 0 Å². The van der Waals surface area contributed by atoms with Crippen molar-refractivity contribution in [2.24, 2.45) is 7.05 Å². The molecule has 1 aromatic carbocycles. The smallest absolute Gasteiger partial charge is 0.272 e. The number of nitrogens with zero attached hydrogens (tertiary/aromatic N) is 5. The molecule has 1 atom stereocenters. The molecule has 1 amide bonds. The molecule has 2 aliphatic heterocycles. The lowest BCUT2D eigenvalue weighted by atomic mass is 9.99. The van der Waals surface area contributed by atoms with Crippen LogP contribution in [-0.4, -0.2) is 52.3 Å². The molecule has 1 unspecified atom stereocenters. The third-order valence-electron chi connectivity index (χ3n) is 5.76. The standard InChI is InChI=1S/C22H21ClFN5O2/c1-27-11-17-16(15-4-3-14(23)7-18(15)24)8-20(26-21(17)22(27)30)29-5-6-31-19(12-29)13-9-25-28(2)10-13/h3-4,7-10,19H,5-6,11-12H2,1-2H3. The second-order valence-electron chi connectivity index (χ2n) is 7.89. The molecule has 3 aromatic rings. The molecule has 2 aromatic heterocycles. The fraction of sp³-hybridized carbons (Fsp3) is 0.318.